The number of amides is 1. The average Bonchev–Trinajstić information content (AvgIpc) is 3.54. The van der Waals surface area contributed by atoms with Crippen molar-refractivity contribution in [3.05, 3.63) is 95.6 Å². The van der Waals surface area contributed by atoms with E-state index in [1.165, 1.54) is 11.1 Å². The SMILES string of the molecule is COc1ccc(S(=O)(=O)N2CCCC2)cc1CCC(=O)N1CCN(C(c2ccccc2)c2ccccc2)CC1. The highest BCUT2D eigenvalue weighted by Gasteiger charge is 2.29. The molecule has 0 N–H and O–H groups in total. The molecule has 3 aromatic rings. The van der Waals surface area contributed by atoms with Crippen LogP contribution in [0.1, 0.15) is 42.0 Å². The zero-order valence-electron chi connectivity index (χ0n) is 22.5. The maximum Gasteiger partial charge on any atom is 0.243 e. The first-order chi connectivity index (χ1) is 19.0. The molecule has 8 heteroatoms. The lowest BCUT2D eigenvalue weighted by Gasteiger charge is -2.40. The number of rotatable bonds is 9. The fraction of sp³-hybridized carbons (Fsp3) is 0.387. The second kappa shape index (κ2) is 12.3. The van der Waals surface area contributed by atoms with Gasteiger partial charge in [-0.3, -0.25) is 9.69 Å². The lowest BCUT2D eigenvalue weighted by Crippen LogP contribution is -2.49. The normalized spacial score (nSPS) is 17.0. The highest BCUT2D eigenvalue weighted by molar-refractivity contribution is 7.89. The highest BCUT2D eigenvalue weighted by atomic mass is 32.2. The number of hydrogen-bond donors (Lipinski definition) is 0. The van der Waals surface area contributed by atoms with Crippen LogP contribution in [0, 0.1) is 0 Å². The van der Waals surface area contributed by atoms with Gasteiger partial charge in [-0.25, -0.2) is 8.42 Å². The van der Waals surface area contributed by atoms with Crippen LogP contribution in [-0.2, 0) is 21.2 Å². The molecule has 2 aliphatic heterocycles. The summed E-state index contributed by atoms with van der Waals surface area (Å²) in [5, 5.41) is 0. The maximum atomic E-state index is 13.2. The smallest absolute Gasteiger partial charge is 0.243 e. The van der Waals surface area contributed by atoms with Gasteiger partial charge in [0.15, 0.2) is 0 Å². The Morgan fingerprint density at radius 3 is 1.97 bits per heavy atom. The van der Waals surface area contributed by atoms with Gasteiger partial charge in [-0.1, -0.05) is 60.7 Å². The lowest BCUT2D eigenvalue weighted by molar-refractivity contribution is -0.133. The molecular weight excluding hydrogens is 510 g/mol. The van der Waals surface area contributed by atoms with Gasteiger partial charge in [0, 0.05) is 45.7 Å². The van der Waals surface area contributed by atoms with E-state index in [1.54, 1.807) is 29.6 Å². The summed E-state index contributed by atoms with van der Waals surface area (Å²) in [4.78, 5) is 17.9. The van der Waals surface area contributed by atoms with Crippen molar-refractivity contribution >= 4 is 15.9 Å². The van der Waals surface area contributed by atoms with Crippen molar-refractivity contribution in [3.8, 4) is 5.75 Å². The van der Waals surface area contributed by atoms with E-state index in [-0.39, 0.29) is 16.8 Å². The van der Waals surface area contributed by atoms with E-state index in [1.807, 2.05) is 17.0 Å². The summed E-state index contributed by atoms with van der Waals surface area (Å²) >= 11 is 0. The molecule has 2 saturated heterocycles. The number of carbonyl (C=O) groups is 1. The van der Waals surface area contributed by atoms with E-state index in [2.05, 4.69) is 53.4 Å². The molecule has 2 heterocycles. The van der Waals surface area contributed by atoms with Crippen molar-refractivity contribution in [2.45, 2.75) is 36.6 Å². The first-order valence-electron chi connectivity index (χ1n) is 13.8. The summed E-state index contributed by atoms with van der Waals surface area (Å²) in [7, 11) is -1.95. The Labute approximate surface area is 232 Å². The Morgan fingerprint density at radius 2 is 1.41 bits per heavy atom. The third-order valence-corrected chi connectivity index (χ3v) is 9.72. The van der Waals surface area contributed by atoms with Crippen molar-refractivity contribution in [3.63, 3.8) is 0 Å². The van der Waals surface area contributed by atoms with E-state index in [4.69, 9.17) is 4.74 Å². The van der Waals surface area contributed by atoms with E-state index >= 15 is 0 Å². The van der Waals surface area contributed by atoms with Crippen LogP contribution < -0.4 is 4.74 Å². The summed E-state index contributed by atoms with van der Waals surface area (Å²) < 4.78 is 33.2. The fourth-order valence-electron chi connectivity index (χ4n) is 5.70. The topological polar surface area (TPSA) is 70.2 Å². The molecule has 39 heavy (non-hydrogen) atoms. The molecule has 3 aromatic carbocycles. The number of ether oxygens (including phenoxy) is 1. The third kappa shape index (κ3) is 6.19. The van der Waals surface area contributed by atoms with E-state index in [0.29, 0.717) is 44.8 Å². The molecule has 0 spiro atoms. The van der Waals surface area contributed by atoms with Crippen molar-refractivity contribution < 1.29 is 17.9 Å². The molecule has 1 amide bonds. The number of aryl methyl sites for hydroxylation is 1. The Bertz CT molecular complexity index is 1310. The molecule has 7 nitrogen and oxygen atoms in total. The van der Waals surface area contributed by atoms with Crippen LogP contribution in [0.2, 0.25) is 0 Å². The van der Waals surface area contributed by atoms with Gasteiger partial charge in [-0.2, -0.15) is 4.31 Å². The van der Waals surface area contributed by atoms with Crippen LogP contribution in [0.4, 0.5) is 0 Å². The largest absolute Gasteiger partial charge is 0.496 e. The Kier molecular flexibility index (Phi) is 8.65. The van der Waals surface area contributed by atoms with Gasteiger partial charge in [0.05, 0.1) is 18.0 Å². The summed E-state index contributed by atoms with van der Waals surface area (Å²) in [5.74, 6) is 0.696. The van der Waals surface area contributed by atoms with Crippen molar-refractivity contribution in [2.75, 3.05) is 46.4 Å². The first kappa shape index (κ1) is 27.4. The number of nitrogens with zero attached hydrogens (tertiary/aromatic N) is 3. The average molecular weight is 548 g/mol. The first-order valence-corrected chi connectivity index (χ1v) is 15.2. The second-order valence-electron chi connectivity index (χ2n) is 10.2. The van der Waals surface area contributed by atoms with Crippen molar-refractivity contribution in [1.82, 2.24) is 14.1 Å². The number of carbonyl (C=O) groups excluding carboxylic acids is 1. The second-order valence-corrected chi connectivity index (χ2v) is 12.2. The van der Waals surface area contributed by atoms with Crippen LogP contribution in [0.5, 0.6) is 5.75 Å². The third-order valence-electron chi connectivity index (χ3n) is 7.83. The van der Waals surface area contributed by atoms with Crippen LogP contribution in [0.3, 0.4) is 0 Å². The van der Waals surface area contributed by atoms with Gasteiger partial charge in [0.1, 0.15) is 5.75 Å². The number of hydrogen-bond acceptors (Lipinski definition) is 5. The monoisotopic (exact) mass is 547 g/mol. The standard InChI is InChI=1S/C31H37N3O4S/c1-38-29-16-15-28(39(36,37)34-18-8-9-19-34)24-27(29)14-17-30(35)32-20-22-33(23-21-32)31(25-10-4-2-5-11-25)26-12-6-3-7-13-26/h2-7,10-13,15-16,24,31H,8-9,14,17-23H2,1H3. The molecule has 0 unspecified atom stereocenters. The minimum Gasteiger partial charge on any atom is -0.496 e. The summed E-state index contributed by atoms with van der Waals surface area (Å²) in [6, 6.07) is 26.2. The van der Waals surface area contributed by atoms with Crippen LogP contribution in [-0.4, -0.2) is 74.8 Å². The molecule has 0 saturated carbocycles. The zero-order valence-corrected chi connectivity index (χ0v) is 23.4. The van der Waals surface area contributed by atoms with Gasteiger partial charge in [-0.05, 0) is 54.2 Å². The van der Waals surface area contributed by atoms with Gasteiger partial charge < -0.3 is 9.64 Å². The lowest BCUT2D eigenvalue weighted by atomic mass is 9.96. The molecule has 5 rings (SSSR count). The number of benzene rings is 3. The minimum atomic E-state index is -3.53. The number of methoxy groups -OCH3 is 1. The summed E-state index contributed by atoms with van der Waals surface area (Å²) in [6.07, 6.45) is 2.52. The predicted molar refractivity (Wildman–Crippen MR) is 152 cm³/mol. The van der Waals surface area contributed by atoms with Crippen molar-refractivity contribution in [1.29, 1.82) is 0 Å². The molecule has 0 radical (unpaired) electrons. The van der Waals surface area contributed by atoms with Gasteiger partial charge in [0.25, 0.3) is 0 Å². The summed E-state index contributed by atoms with van der Waals surface area (Å²) in [6.45, 7) is 4.01. The molecule has 206 valence electrons. The minimum absolute atomic E-state index is 0.0838. The molecule has 0 aliphatic carbocycles. The van der Waals surface area contributed by atoms with Crippen LogP contribution in [0.25, 0.3) is 0 Å². The van der Waals surface area contributed by atoms with Gasteiger partial charge >= 0.3 is 0 Å². The molecular formula is C31H37N3O4S. The van der Waals surface area contributed by atoms with Gasteiger partial charge in [0.2, 0.25) is 15.9 Å². The molecule has 2 fully saturated rings. The maximum absolute atomic E-state index is 13.2. The molecule has 0 bridgehead atoms. The highest BCUT2D eigenvalue weighted by Crippen LogP contribution is 2.30. The Balaban J connectivity index is 1.23. The number of piperazine rings is 1. The molecule has 0 atom stereocenters. The van der Waals surface area contributed by atoms with E-state index < -0.39 is 10.0 Å². The quantitative estimate of drug-likeness (QED) is 0.399. The Hall–Kier alpha value is -3.20. The Morgan fingerprint density at radius 1 is 0.821 bits per heavy atom. The fourth-order valence-corrected chi connectivity index (χ4v) is 7.27. The zero-order chi connectivity index (χ0) is 27.2. The van der Waals surface area contributed by atoms with Gasteiger partial charge in [-0.15, -0.1) is 0 Å². The summed E-state index contributed by atoms with van der Waals surface area (Å²) in [5.41, 5.74) is 3.25. The molecule has 2 aliphatic rings. The molecule has 0 aromatic heterocycles. The number of sulfonamides is 1. The van der Waals surface area contributed by atoms with Crippen LogP contribution in [0.15, 0.2) is 83.8 Å². The van der Waals surface area contributed by atoms with Crippen LogP contribution >= 0.6 is 0 Å². The van der Waals surface area contributed by atoms with Crippen molar-refractivity contribution in [2.24, 2.45) is 0 Å². The van der Waals surface area contributed by atoms with E-state index in [9.17, 15) is 13.2 Å². The van der Waals surface area contributed by atoms with E-state index in [0.717, 1.165) is 31.5 Å². The predicted octanol–water partition coefficient (Wildman–Crippen LogP) is 4.35.